The van der Waals surface area contributed by atoms with Crippen LogP contribution < -0.4 is 10.1 Å². The number of hydrogen-bond donors (Lipinski definition) is 1. The van der Waals surface area contributed by atoms with Crippen LogP contribution in [0.2, 0.25) is 0 Å². The van der Waals surface area contributed by atoms with Crippen LogP contribution in [0.4, 0.5) is 0 Å². The van der Waals surface area contributed by atoms with Gasteiger partial charge in [-0.05, 0) is 42.4 Å². The average molecular weight is 352 g/mol. The van der Waals surface area contributed by atoms with Gasteiger partial charge >= 0.3 is 0 Å². The number of ether oxygens (including phenoxy) is 1. The number of carbonyl (C=O) groups excluding carboxylic acids is 1. The minimum absolute atomic E-state index is 0.0266. The molecule has 1 saturated carbocycles. The van der Waals surface area contributed by atoms with Gasteiger partial charge in [0, 0.05) is 4.83 Å². The molecule has 1 N–H and O–H groups in total. The van der Waals surface area contributed by atoms with E-state index in [1.54, 1.807) is 0 Å². The second-order valence-corrected chi connectivity index (χ2v) is 7.27. The Hall–Kier alpha value is -1.03. The van der Waals surface area contributed by atoms with Crippen LogP contribution in [0.25, 0.3) is 0 Å². The molecule has 3 rings (SSSR count). The largest absolute Gasteiger partial charge is 0.491 e. The van der Waals surface area contributed by atoms with Gasteiger partial charge < -0.3 is 10.1 Å². The Balaban J connectivity index is 1.81. The third-order valence-electron chi connectivity index (χ3n) is 4.69. The highest BCUT2D eigenvalue weighted by atomic mass is 79.9. The number of halogens is 1. The average Bonchev–Trinajstić information content (AvgIpc) is 2.69. The molecule has 1 aliphatic carbocycles. The van der Waals surface area contributed by atoms with Gasteiger partial charge in [0.15, 0.2) is 0 Å². The molecule has 1 aliphatic heterocycles. The molecule has 1 aromatic rings. The lowest BCUT2D eigenvalue weighted by Gasteiger charge is -2.30. The van der Waals surface area contributed by atoms with Gasteiger partial charge in [-0.2, -0.15) is 0 Å². The van der Waals surface area contributed by atoms with Crippen molar-refractivity contribution in [3.8, 4) is 5.75 Å². The van der Waals surface area contributed by atoms with Crippen molar-refractivity contribution >= 4 is 21.8 Å². The highest BCUT2D eigenvalue weighted by Crippen LogP contribution is 2.42. The van der Waals surface area contributed by atoms with E-state index >= 15 is 0 Å². The van der Waals surface area contributed by atoms with Crippen molar-refractivity contribution in [2.45, 2.75) is 37.4 Å². The Kier molecular flexibility index (Phi) is 4.53. The smallest absolute Gasteiger partial charge is 0.255 e. The lowest BCUT2D eigenvalue weighted by atomic mass is 9.80. The second kappa shape index (κ2) is 6.39. The standard InChI is InChI=1S/C17H22BrNO2/c1-11-2-4-12(5-3-11)16(18)13-6-7-15-14(10-13)17(20)19-8-9-21-15/h6-7,10-12,16H,2-5,8-9H2,1H3,(H,19,20). The van der Waals surface area contributed by atoms with Crippen LogP contribution in [0.5, 0.6) is 5.75 Å². The molecule has 1 amide bonds. The van der Waals surface area contributed by atoms with Crippen LogP contribution in [0, 0.1) is 11.8 Å². The van der Waals surface area contributed by atoms with E-state index in [1.807, 2.05) is 12.1 Å². The van der Waals surface area contributed by atoms with E-state index in [0.29, 0.717) is 35.2 Å². The first-order chi connectivity index (χ1) is 10.1. The lowest BCUT2D eigenvalue weighted by Crippen LogP contribution is -2.24. The molecule has 3 nitrogen and oxygen atoms in total. The first-order valence-electron chi connectivity index (χ1n) is 7.84. The highest BCUT2D eigenvalue weighted by Gasteiger charge is 2.27. The van der Waals surface area contributed by atoms with Crippen molar-refractivity contribution in [2.75, 3.05) is 13.2 Å². The molecule has 1 heterocycles. The predicted octanol–water partition coefficient (Wildman–Crippen LogP) is 4.07. The molecule has 1 aromatic carbocycles. The molecule has 21 heavy (non-hydrogen) atoms. The normalized spacial score (nSPS) is 27.0. The van der Waals surface area contributed by atoms with Gasteiger partial charge in [-0.15, -0.1) is 0 Å². The van der Waals surface area contributed by atoms with Gasteiger partial charge in [-0.3, -0.25) is 4.79 Å². The van der Waals surface area contributed by atoms with Crippen LogP contribution in [0.1, 0.15) is 53.4 Å². The number of carbonyl (C=O) groups is 1. The zero-order valence-electron chi connectivity index (χ0n) is 12.4. The van der Waals surface area contributed by atoms with Gasteiger partial charge in [0.25, 0.3) is 5.91 Å². The van der Waals surface area contributed by atoms with E-state index in [1.165, 1.54) is 31.2 Å². The van der Waals surface area contributed by atoms with Gasteiger partial charge in [0.2, 0.25) is 0 Å². The summed E-state index contributed by atoms with van der Waals surface area (Å²) < 4.78 is 5.61. The van der Waals surface area contributed by atoms with Crippen LogP contribution in [-0.2, 0) is 0 Å². The van der Waals surface area contributed by atoms with E-state index in [9.17, 15) is 4.79 Å². The molecule has 0 saturated heterocycles. The minimum Gasteiger partial charge on any atom is -0.491 e. The topological polar surface area (TPSA) is 38.3 Å². The van der Waals surface area contributed by atoms with Crippen LogP contribution >= 0.6 is 15.9 Å². The first kappa shape index (κ1) is 14.9. The fraction of sp³-hybridized carbons (Fsp3) is 0.588. The SMILES string of the molecule is CC1CCC(C(Br)c2ccc3c(c2)C(=O)NCCO3)CC1. The lowest BCUT2D eigenvalue weighted by molar-refractivity contribution is 0.0957. The molecule has 1 atom stereocenters. The van der Waals surface area contributed by atoms with E-state index in [0.717, 1.165) is 5.92 Å². The van der Waals surface area contributed by atoms with E-state index in [-0.39, 0.29) is 5.91 Å². The van der Waals surface area contributed by atoms with E-state index in [2.05, 4.69) is 34.2 Å². The quantitative estimate of drug-likeness (QED) is 0.815. The van der Waals surface area contributed by atoms with Crippen molar-refractivity contribution in [1.82, 2.24) is 5.32 Å². The first-order valence-corrected chi connectivity index (χ1v) is 8.75. The second-order valence-electron chi connectivity index (χ2n) is 6.28. The Bertz CT molecular complexity index is 524. The molecule has 0 aromatic heterocycles. The van der Waals surface area contributed by atoms with Crippen LogP contribution in [-0.4, -0.2) is 19.1 Å². The predicted molar refractivity (Wildman–Crippen MR) is 87.1 cm³/mol. The fourth-order valence-electron chi connectivity index (χ4n) is 3.29. The Morgan fingerprint density at radius 3 is 2.81 bits per heavy atom. The molecule has 4 heteroatoms. The Morgan fingerprint density at radius 1 is 1.29 bits per heavy atom. The van der Waals surface area contributed by atoms with Crippen molar-refractivity contribution in [3.05, 3.63) is 29.3 Å². The van der Waals surface area contributed by atoms with E-state index < -0.39 is 0 Å². The third kappa shape index (κ3) is 3.25. The molecule has 1 unspecified atom stereocenters. The molecule has 1 fully saturated rings. The number of nitrogens with one attached hydrogen (secondary N) is 1. The zero-order chi connectivity index (χ0) is 14.8. The number of hydrogen-bond acceptors (Lipinski definition) is 2. The van der Waals surface area contributed by atoms with Crippen molar-refractivity contribution in [2.24, 2.45) is 11.8 Å². The maximum atomic E-state index is 12.1. The molecular weight excluding hydrogens is 330 g/mol. The number of rotatable bonds is 2. The number of benzene rings is 1. The van der Waals surface area contributed by atoms with E-state index in [4.69, 9.17) is 4.74 Å². The van der Waals surface area contributed by atoms with Crippen LogP contribution in [0.3, 0.4) is 0 Å². The third-order valence-corrected chi connectivity index (χ3v) is 5.96. The molecule has 2 aliphatic rings. The molecule has 0 radical (unpaired) electrons. The van der Waals surface area contributed by atoms with Gasteiger partial charge in [0.1, 0.15) is 12.4 Å². The zero-order valence-corrected chi connectivity index (χ0v) is 14.0. The Labute approximate surface area is 134 Å². The summed E-state index contributed by atoms with van der Waals surface area (Å²) in [6.45, 7) is 3.45. The monoisotopic (exact) mass is 351 g/mol. The number of fused-ring (bicyclic) bond motifs is 1. The summed E-state index contributed by atoms with van der Waals surface area (Å²) in [5.74, 6) is 2.19. The Morgan fingerprint density at radius 2 is 2.05 bits per heavy atom. The summed E-state index contributed by atoms with van der Waals surface area (Å²) in [5.41, 5.74) is 1.85. The summed E-state index contributed by atoms with van der Waals surface area (Å²) in [6.07, 6.45) is 5.14. The summed E-state index contributed by atoms with van der Waals surface area (Å²) in [7, 11) is 0. The summed E-state index contributed by atoms with van der Waals surface area (Å²) in [4.78, 5) is 12.4. The maximum Gasteiger partial charge on any atom is 0.255 e. The number of alkyl halides is 1. The van der Waals surface area contributed by atoms with Gasteiger partial charge in [-0.1, -0.05) is 41.8 Å². The maximum absolute atomic E-state index is 12.1. The minimum atomic E-state index is -0.0266. The molecule has 114 valence electrons. The highest BCUT2D eigenvalue weighted by molar-refractivity contribution is 9.09. The summed E-state index contributed by atoms with van der Waals surface area (Å²) >= 11 is 3.86. The molecule has 0 spiro atoms. The van der Waals surface area contributed by atoms with Gasteiger partial charge in [0.05, 0.1) is 12.1 Å². The van der Waals surface area contributed by atoms with Gasteiger partial charge in [-0.25, -0.2) is 0 Å². The fourth-order valence-corrected chi connectivity index (χ4v) is 4.11. The van der Waals surface area contributed by atoms with Crippen molar-refractivity contribution < 1.29 is 9.53 Å². The molecule has 0 bridgehead atoms. The van der Waals surface area contributed by atoms with Crippen LogP contribution in [0.15, 0.2) is 18.2 Å². The number of amides is 1. The summed E-state index contributed by atoms with van der Waals surface area (Å²) in [5, 5.41) is 2.87. The summed E-state index contributed by atoms with van der Waals surface area (Å²) in [6, 6.07) is 6.03. The van der Waals surface area contributed by atoms with Crippen molar-refractivity contribution in [1.29, 1.82) is 0 Å². The van der Waals surface area contributed by atoms with Crippen molar-refractivity contribution in [3.63, 3.8) is 0 Å². The molecular formula is C17H22BrNO2.